The molecular weight excluding hydrogens is 474 g/mol. The minimum Gasteiger partial charge on any atom is -0.478 e. The number of aliphatic hydroxyl groups is 1. The molecule has 0 saturated carbocycles. The first-order valence-electron chi connectivity index (χ1n) is 11.4. The number of aromatic nitrogens is 1. The summed E-state index contributed by atoms with van der Waals surface area (Å²) in [5.74, 6) is -2.41. The third kappa shape index (κ3) is 6.36. The molecule has 37 heavy (non-hydrogen) atoms. The molecule has 0 bridgehead atoms. The number of nitrogen functional groups attached to an aromatic ring is 1. The van der Waals surface area contributed by atoms with Gasteiger partial charge in [-0.3, -0.25) is 20.0 Å². The normalized spacial score (nSPS) is 11.9. The highest BCUT2D eigenvalue weighted by atomic mass is 16.4. The molecule has 0 aliphatic carbocycles. The minimum absolute atomic E-state index is 0.0992. The van der Waals surface area contributed by atoms with Gasteiger partial charge in [0, 0.05) is 34.8 Å². The van der Waals surface area contributed by atoms with Gasteiger partial charge in [-0.15, -0.1) is 0 Å². The van der Waals surface area contributed by atoms with E-state index in [2.05, 4.69) is 15.6 Å². The summed E-state index contributed by atoms with van der Waals surface area (Å²) < 4.78 is 0. The van der Waals surface area contributed by atoms with E-state index in [9.17, 15) is 24.6 Å². The Morgan fingerprint density at radius 1 is 0.973 bits per heavy atom. The number of anilines is 1. The summed E-state index contributed by atoms with van der Waals surface area (Å²) >= 11 is 0. The topological polar surface area (TPSA) is 178 Å². The number of nitrogens with one attached hydrogen (secondary N) is 3. The summed E-state index contributed by atoms with van der Waals surface area (Å²) in [7, 11) is 0. The number of amidine groups is 1. The Kier molecular flexibility index (Phi) is 8.04. The molecule has 1 atom stereocenters. The number of nitrogens with zero attached hydrogens (tertiary/aromatic N) is 1. The van der Waals surface area contributed by atoms with Gasteiger partial charge in [-0.1, -0.05) is 26.8 Å². The van der Waals surface area contributed by atoms with Crippen molar-refractivity contribution in [3.05, 3.63) is 83.2 Å². The molecule has 1 unspecified atom stereocenters. The van der Waals surface area contributed by atoms with Crippen molar-refractivity contribution >= 4 is 29.3 Å². The second-order valence-corrected chi connectivity index (χ2v) is 9.51. The zero-order valence-electron chi connectivity index (χ0n) is 20.7. The first-order valence-corrected chi connectivity index (χ1v) is 11.4. The van der Waals surface area contributed by atoms with Crippen LogP contribution in [0.4, 0.5) is 5.69 Å². The quantitative estimate of drug-likeness (QED) is 0.202. The monoisotopic (exact) mass is 503 g/mol. The fraction of sp³-hybridized carbons (Fsp3) is 0.222. The van der Waals surface area contributed by atoms with Gasteiger partial charge >= 0.3 is 5.97 Å². The molecule has 2 amide bonds. The zero-order valence-corrected chi connectivity index (χ0v) is 20.7. The zero-order chi connectivity index (χ0) is 27.3. The van der Waals surface area contributed by atoms with Gasteiger partial charge in [0.25, 0.3) is 11.8 Å². The first kappa shape index (κ1) is 27.0. The molecule has 1 heterocycles. The second-order valence-electron chi connectivity index (χ2n) is 9.51. The molecule has 10 heteroatoms. The van der Waals surface area contributed by atoms with Crippen molar-refractivity contribution < 1.29 is 24.6 Å². The maximum absolute atomic E-state index is 13.1. The first-order chi connectivity index (χ1) is 17.4. The van der Waals surface area contributed by atoms with Crippen LogP contribution in [-0.4, -0.2) is 51.5 Å². The van der Waals surface area contributed by atoms with E-state index in [0.29, 0.717) is 11.3 Å². The number of pyridine rings is 1. The highest BCUT2D eigenvalue weighted by molar-refractivity contribution is 6.11. The number of aromatic carboxylic acids is 1. The van der Waals surface area contributed by atoms with E-state index in [-0.39, 0.29) is 40.3 Å². The summed E-state index contributed by atoms with van der Waals surface area (Å²) in [6.07, 6.45) is 2.80. The molecule has 10 nitrogen and oxygen atoms in total. The Hall–Kier alpha value is -4.57. The van der Waals surface area contributed by atoms with Crippen LogP contribution in [0.5, 0.6) is 0 Å². The van der Waals surface area contributed by atoms with E-state index in [4.69, 9.17) is 11.1 Å². The van der Waals surface area contributed by atoms with Crippen LogP contribution in [0.2, 0.25) is 0 Å². The van der Waals surface area contributed by atoms with Gasteiger partial charge in [-0.2, -0.15) is 0 Å². The Bertz CT molecular complexity index is 1350. The predicted octanol–water partition coefficient (Wildman–Crippen LogP) is 3.12. The van der Waals surface area contributed by atoms with Crippen LogP contribution in [-0.2, 0) is 0 Å². The fourth-order valence-electron chi connectivity index (χ4n) is 3.61. The number of hydrogen-bond donors (Lipinski definition) is 6. The van der Waals surface area contributed by atoms with Crippen LogP contribution in [0.25, 0.3) is 11.1 Å². The molecular formula is C27H29N5O5. The van der Waals surface area contributed by atoms with Crippen molar-refractivity contribution in [3.8, 4) is 11.1 Å². The van der Waals surface area contributed by atoms with Gasteiger partial charge in [0.05, 0.1) is 23.8 Å². The van der Waals surface area contributed by atoms with E-state index in [1.54, 1.807) is 24.3 Å². The van der Waals surface area contributed by atoms with Crippen LogP contribution >= 0.6 is 0 Å². The number of aliphatic hydroxyl groups excluding tert-OH is 1. The number of carboxylic acid groups (broad SMARTS) is 1. The maximum atomic E-state index is 13.1. The van der Waals surface area contributed by atoms with Gasteiger partial charge in [0.2, 0.25) is 0 Å². The molecule has 0 aliphatic heterocycles. The van der Waals surface area contributed by atoms with Crippen molar-refractivity contribution in [1.29, 1.82) is 5.41 Å². The number of hydrogen-bond acceptors (Lipinski definition) is 6. The predicted molar refractivity (Wildman–Crippen MR) is 140 cm³/mol. The molecule has 3 aromatic rings. The number of carbonyl (C=O) groups is 3. The van der Waals surface area contributed by atoms with Gasteiger partial charge in [0.15, 0.2) is 0 Å². The molecule has 1 aromatic heterocycles. The van der Waals surface area contributed by atoms with Crippen molar-refractivity contribution in [3.63, 3.8) is 0 Å². The average molecular weight is 504 g/mol. The Balaban J connectivity index is 1.95. The van der Waals surface area contributed by atoms with Crippen molar-refractivity contribution in [1.82, 2.24) is 10.3 Å². The second kappa shape index (κ2) is 11.0. The van der Waals surface area contributed by atoms with E-state index in [1.165, 1.54) is 36.7 Å². The molecule has 0 spiro atoms. The smallest absolute Gasteiger partial charge is 0.336 e. The number of rotatable bonds is 8. The van der Waals surface area contributed by atoms with Crippen molar-refractivity contribution in [2.45, 2.75) is 26.8 Å². The van der Waals surface area contributed by atoms with Gasteiger partial charge in [-0.05, 0) is 53.4 Å². The molecule has 0 fully saturated rings. The summed E-state index contributed by atoms with van der Waals surface area (Å²) in [6, 6.07) is 11.5. The number of nitrogens with two attached hydrogens (primary N) is 1. The molecule has 192 valence electrons. The molecule has 2 aromatic carbocycles. The standard InChI is InChI=1S/C27H29N5O5/c1-27(2,3)22(14-33)32-24(34)16-6-9-18(20(12-16)26(36)37)21-13-30-11-10-19(21)25(35)31-17-7-4-15(5-8-17)23(28)29/h4-13,22,33H,14H2,1-3H3,(H3,28,29)(H,31,35)(H,32,34)(H,36,37). The van der Waals surface area contributed by atoms with Gasteiger partial charge in [-0.25, -0.2) is 4.79 Å². The van der Waals surface area contributed by atoms with E-state index >= 15 is 0 Å². The lowest BCUT2D eigenvalue weighted by Gasteiger charge is -2.29. The lowest BCUT2D eigenvalue weighted by Crippen LogP contribution is -2.46. The lowest BCUT2D eigenvalue weighted by molar-refractivity contribution is 0.0697. The van der Waals surface area contributed by atoms with E-state index < -0.39 is 29.2 Å². The largest absolute Gasteiger partial charge is 0.478 e. The van der Waals surface area contributed by atoms with E-state index in [1.807, 2.05) is 20.8 Å². The van der Waals surface area contributed by atoms with Crippen molar-refractivity contribution in [2.75, 3.05) is 11.9 Å². The SMILES string of the molecule is CC(C)(C)C(CO)NC(=O)c1ccc(-c2cnccc2C(=O)Nc2ccc(C(=N)N)cc2)c(C(=O)O)c1. The van der Waals surface area contributed by atoms with Gasteiger partial charge in [0.1, 0.15) is 5.84 Å². The third-order valence-electron chi connectivity index (χ3n) is 5.86. The molecule has 0 aliphatic rings. The summed E-state index contributed by atoms with van der Waals surface area (Å²) in [5, 5.41) is 32.5. The number of amides is 2. The van der Waals surface area contributed by atoms with Crippen molar-refractivity contribution in [2.24, 2.45) is 11.1 Å². The Labute approximate surface area is 214 Å². The molecule has 3 rings (SSSR count). The van der Waals surface area contributed by atoms with Crippen LogP contribution < -0.4 is 16.4 Å². The summed E-state index contributed by atoms with van der Waals surface area (Å²) in [6.45, 7) is 5.33. The molecule has 0 radical (unpaired) electrons. The van der Waals surface area contributed by atoms with Crippen LogP contribution in [0, 0.1) is 10.8 Å². The molecule has 7 N–H and O–H groups in total. The number of carboxylic acids is 1. The van der Waals surface area contributed by atoms with E-state index in [0.717, 1.165) is 0 Å². The number of carbonyl (C=O) groups excluding carboxylic acids is 2. The fourth-order valence-corrected chi connectivity index (χ4v) is 3.61. The highest BCUT2D eigenvalue weighted by Crippen LogP contribution is 2.29. The third-order valence-corrected chi connectivity index (χ3v) is 5.86. The Morgan fingerprint density at radius 3 is 2.19 bits per heavy atom. The lowest BCUT2D eigenvalue weighted by atomic mass is 9.87. The van der Waals surface area contributed by atoms with Crippen LogP contribution in [0.15, 0.2) is 60.9 Å². The average Bonchev–Trinajstić information content (AvgIpc) is 2.86. The summed E-state index contributed by atoms with van der Waals surface area (Å²) in [4.78, 5) is 42.1. The minimum atomic E-state index is -1.28. The van der Waals surface area contributed by atoms with Crippen LogP contribution in [0.1, 0.15) is 57.4 Å². The Morgan fingerprint density at radius 2 is 1.62 bits per heavy atom. The highest BCUT2D eigenvalue weighted by Gasteiger charge is 2.27. The maximum Gasteiger partial charge on any atom is 0.336 e. The molecule has 0 saturated heterocycles. The summed E-state index contributed by atoms with van der Waals surface area (Å²) in [5.41, 5.74) is 6.59. The van der Waals surface area contributed by atoms with Crippen LogP contribution in [0.3, 0.4) is 0 Å². The number of benzene rings is 2. The van der Waals surface area contributed by atoms with Gasteiger partial charge < -0.3 is 26.6 Å².